The van der Waals surface area contributed by atoms with Crippen molar-refractivity contribution in [1.82, 2.24) is 9.78 Å². The number of aromatic nitrogens is 2. The first-order chi connectivity index (χ1) is 8.06. The van der Waals surface area contributed by atoms with Crippen molar-refractivity contribution < 1.29 is 8.78 Å². The quantitative estimate of drug-likeness (QED) is 0.889. The van der Waals surface area contributed by atoms with Crippen molar-refractivity contribution in [3.63, 3.8) is 0 Å². The second kappa shape index (κ2) is 4.53. The first-order valence-corrected chi connectivity index (χ1v) is 5.26. The fourth-order valence-electron chi connectivity index (χ4n) is 1.59. The number of rotatable bonds is 3. The number of anilines is 1. The van der Waals surface area contributed by atoms with Gasteiger partial charge < -0.3 is 5.32 Å². The third kappa shape index (κ3) is 2.61. The molecule has 0 aliphatic rings. The summed E-state index contributed by atoms with van der Waals surface area (Å²) in [5, 5.41) is 6.94. The molecule has 1 N–H and O–H groups in total. The van der Waals surface area contributed by atoms with Crippen molar-refractivity contribution >= 4 is 5.69 Å². The van der Waals surface area contributed by atoms with Crippen LogP contribution in [-0.2, 0) is 7.05 Å². The zero-order chi connectivity index (χ0) is 12.4. The van der Waals surface area contributed by atoms with E-state index >= 15 is 0 Å². The largest absolute Gasteiger partial charge is 0.376 e. The summed E-state index contributed by atoms with van der Waals surface area (Å²) in [5.41, 5.74) is 1.07. The molecule has 0 bridgehead atoms. The van der Waals surface area contributed by atoms with Gasteiger partial charge in [0.25, 0.3) is 0 Å². The Morgan fingerprint density at radius 1 is 1.35 bits per heavy atom. The van der Waals surface area contributed by atoms with Crippen LogP contribution in [0.3, 0.4) is 0 Å². The Hall–Kier alpha value is -1.91. The summed E-state index contributed by atoms with van der Waals surface area (Å²) in [6.07, 6.45) is 3.52. The predicted molar refractivity (Wildman–Crippen MR) is 61.6 cm³/mol. The van der Waals surface area contributed by atoms with Gasteiger partial charge in [-0.3, -0.25) is 4.68 Å². The molecule has 0 spiro atoms. The highest BCUT2D eigenvalue weighted by molar-refractivity contribution is 5.46. The molecule has 5 heteroatoms. The molecule has 1 unspecified atom stereocenters. The Bertz CT molecular complexity index is 522. The van der Waals surface area contributed by atoms with Gasteiger partial charge in [0, 0.05) is 18.8 Å². The van der Waals surface area contributed by atoms with Gasteiger partial charge in [-0.25, -0.2) is 8.78 Å². The van der Waals surface area contributed by atoms with Crippen LogP contribution in [0.4, 0.5) is 14.5 Å². The number of hydrogen-bond donors (Lipinski definition) is 1. The average molecular weight is 237 g/mol. The lowest BCUT2D eigenvalue weighted by Crippen LogP contribution is -2.07. The van der Waals surface area contributed by atoms with Gasteiger partial charge in [-0.15, -0.1) is 0 Å². The fraction of sp³-hybridized carbons (Fsp3) is 0.250. The number of nitrogens with one attached hydrogen (secondary N) is 1. The smallest absolute Gasteiger partial charge is 0.146 e. The zero-order valence-electron chi connectivity index (χ0n) is 9.61. The fourth-order valence-corrected chi connectivity index (χ4v) is 1.59. The lowest BCUT2D eigenvalue weighted by atomic mass is 10.2. The maximum Gasteiger partial charge on any atom is 0.146 e. The van der Waals surface area contributed by atoms with Crippen molar-refractivity contribution in [1.29, 1.82) is 0 Å². The molecule has 17 heavy (non-hydrogen) atoms. The molecule has 1 atom stereocenters. The third-order valence-corrected chi connectivity index (χ3v) is 2.53. The van der Waals surface area contributed by atoms with Gasteiger partial charge in [0.15, 0.2) is 0 Å². The molecular weight excluding hydrogens is 224 g/mol. The molecule has 0 aliphatic heterocycles. The Morgan fingerprint density at radius 2 is 2.12 bits per heavy atom. The van der Waals surface area contributed by atoms with E-state index in [2.05, 4.69) is 10.4 Å². The number of nitrogens with zero attached hydrogens (tertiary/aromatic N) is 2. The molecular formula is C12H13F2N3. The average Bonchev–Trinajstić information content (AvgIpc) is 2.70. The first-order valence-electron chi connectivity index (χ1n) is 5.26. The standard InChI is InChI=1S/C12H13F2N3/c1-8(9-6-15-17(2)7-9)16-12-5-10(13)3-4-11(12)14/h3-8,16H,1-2H3. The van der Waals surface area contributed by atoms with Crippen LogP contribution in [0.2, 0.25) is 0 Å². The van der Waals surface area contributed by atoms with Crippen molar-refractivity contribution in [2.75, 3.05) is 5.32 Å². The predicted octanol–water partition coefficient (Wildman–Crippen LogP) is 2.87. The topological polar surface area (TPSA) is 29.9 Å². The molecule has 3 nitrogen and oxygen atoms in total. The van der Waals surface area contributed by atoms with E-state index in [1.54, 1.807) is 17.9 Å². The minimum Gasteiger partial charge on any atom is -0.376 e. The Kier molecular flexibility index (Phi) is 3.08. The molecule has 0 aliphatic carbocycles. The maximum atomic E-state index is 13.4. The third-order valence-electron chi connectivity index (χ3n) is 2.53. The molecule has 90 valence electrons. The van der Waals surface area contributed by atoms with E-state index in [9.17, 15) is 8.78 Å². The Balaban J connectivity index is 2.18. The zero-order valence-corrected chi connectivity index (χ0v) is 9.61. The SMILES string of the molecule is CC(Nc1cc(F)ccc1F)c1cnn(C)c1. The number of halogens is 2. The van der Waals surface area contributed by atoms with Crippen LogP contribution < -0.4 is 5.32 Å². The van der Waals surface area contributed by atoms with Crippen molar-refractivity contribution in [3.05, 3.63) is 47.8 Å². The molecule has 0 fully saturated rings. The lowest BCUT2D eigenvalue weighted by molar-refractivity contribution is 0.600. The summed E-state index contributed by atoms with van der Waals surface area (Å²) in [4.78, 5) is 0. The number of benzene rings is 1. The highest BCUT2D eigenvalue weighted by Gasteiger charge is 2.10. The van der Waals surface area contributed by atoms with Gasteiger partial charge in [-0.2, -0.15) is 5.10 Å². The Morgan fingerprint density at radius 3 is 2.76 bits per heavy atom. The monoisotopic (exact) mass is 237 g/mol. The van der Waals surface area contributed by atoms with E-state index in [0.29, 0.717) is 0 Å². The van der Waals surface area contributed by atoms with Crippen LogP contribution in [-0.4, -0.2) is 9.78 Å². The molecule has 0 radical (unpaired) electrons. The van der Waals surface area contributed by atoms with Crippen LogP contribution >= 0.6 is 0 Å². The molecule has 1 aromatic heterocycles. The molecule has 0 amide bonds. The van der Waals surface area contributed by atoms with Crippen molar-refractivity contribution in [3.8, 4) is 0 Å². The van der Waals surface area contributed by atoms with E-state index < -0.39 is 11.6 Å². The highest BCUT2D eigenvalue weighted by Crippen LogP contribution is 2.21. The minimum absolute atomic E-state index is 0.139. The maximum absolute atomic E-state index is 13.4. The summed E-state index contributed by atoms with van der Waals surface area (Å²) in [6, 6.07) is 3.20. The number of aryl methyl sites for hydroxylation is 1. The Labute approximate surface area is 98.1 Å². The second-order valence-electron chi connectivity index (χ2n) is 3.94. The van der Waals surface area contributed by atoms with Crippen LogP contribution in [0, 0.1) is 11.6 Å². The molecule has 1 heterocycles. The summed E-state index contributed by atoms with van der Waals surface area (Å²) in [6.45, 7) is 1.86. The van der Waals surface area contributed by atoms with E-state index in [-0.39, 0.29) is 11.7 Å². The molecule has 0 saturated heterocycles. The van der Waals surface area contributed by atoms with Crippen molar-refractivity contribution in [2.45, 2.75) is 13.0 Å². The molecule has 2 rings (SSSR count). The van der Waals surface area contributed by atoms with Gasteiger partial charge in [-0.1, -0.05) is 0 Å². The number of hydrogen-bond acceptors (Lipinski definition) is 2. The van der Waals surface area contributed by atoms with Gasteiger partial charge in [0.05, 0.1) is 17.9 Å². The van der Waals surface area contributed by atoms with Crippen molar-refractivity contribution in [2.24, 2.45) is 7.05 Å². The lowest BCUT2D eigenvalue weighted by Gasteiger charge is -2.14. The van der Waals surface area contributed by atoms with Crippen LogP contribution in [0.5, 0.6) is 0 Å². The van der Waals surface area contributed by atoms with Crippen LogP contribution in [0.25, 0.3) is 0 Å². The normalized spacial score (nSPS) is 12.5. The summed E-state index contributed by atoms with van der Waals surface area (Å²) >= 11 is 0. The summed E-state index contributed by atoms with van der Waals surface area (Å²) < 4.78 is 28.0. The highest BCUT2D eigenvalue weighted by atomic mass is 19.1. The first kappa shape index (κ1) is 11.6. The van der Waals surface area contributed by atoms with E-state index in [4.69, 9.17) is 0 Å². The summed E-state index contributed by atoms with van der Waals surface area (Å²) in [5.74, 6) is -0.936. The molecule has 1 aromatic carbocycles. The van der Waals surface area contributed by atoms with E-state index in [1.807, 2.05) is 13.1 Å². The van der Waals surface area contributed by atoms with Gasteiger partial charge in [0.2, 0.25) is 0 Å². The van der Waals surface area contributed by atoms with Gasteiger partial charge in [0.1, 0.15) is 11.6 Å². The van der Waals surface area contributed by atoms with E-state index in [1.165, 1.54) is 0 Å². The van der Waals surface area contributed by atoms with Crippen LogP contribution in [0.1, 0.15) is 18.5 Å². The minimum atomic E-state index is -0.470. The van der Waals surface area contributed by atoms with Gasteiger partial charge in [-0.05, 0) is 25.1 Å². The second-order valence-corrected chi connectivity index (χ2v) is 3.94. The molecule has 0 saturated carbocycles. The van der Waals surface area contributed by atoms with E-state index in [0.717, 1.165) is 23.8 Å². The molecule has 2 aromatic rings. The summed E-state index contributed by atoms with van der Waals surface area (Å²) in [7, 11) is 1.80. The van der Waals surface area contributed by atoms with Gasteiger partial charge >= 0.3 is 0 Å². The van der Waals surface area contributed by atoms with Crippen LogP contribution in [0.15, 0.2) is 30.6 Å².